The van der Waals surface area contributed by atoms with Crippen molar-refractivity contribution in [1.82, 2.24) is 4.98 Å². The van der Waals surface area contributed by atoms with Crippen LogP contribution in [-0.4, -0.2) is 17.1 Å². The van der Waals surface area contributed by atoms with Gasteiger partial charge in [0.05, 0.1) is 5.69 Å². The topological polar surface area (TPSA) is 16.1 Å². The van der Waals surface area contributed by atoms with Crippen molar-refractivity contribution in [3.8, 4) is 0 Å². The Kier molecular flexibility index (Phi) is 2.11. The molecule has 2 bridgehead atoms. The average molecular weight is 248 g/mol. The Labute approximate surface area is 107 Å². The molecule has 0 radical (unpaired) electrons. The SMILES string of the molecule is CCc1csc(N2C3CCC2CC2(CC2)C3)n1. The van der Waals surface area contributed by atoms with E-state index in [1.807, 2.05) is 11.3 Å². The molecule has 4 rings (SSSR count). The van der Waals surface area contributed by atoms with Crippen LogP contribution in [0.1, 0.15) is 51.1 Å². The van der Waals surface area contributed by atoms with E-state index in [1.165, 1.54) is 49.4 Å². The van der Waals surface area contributed by atoms with Crippen LogP contribution >= 0.6 is 11.3 Å². The third-order valence-corrected chi connectivity index (χ3v) is 5.94. The summed E-state index contributed by atoms with van der Waals surface area (Å²) in [5, 5.41) is 3.56. The van der Waals surface area contributed by atoms with Gasteiger partial charge in [-0.05, 0) is 50.4 Å². The molecule has 2 atom stereocenters. The maximum absolute atomic E-state index is 4.81. The first-order chi connectivity index (χ1) is 8.30. The second-order valence-electron chi connectivity index (χ2n) is 6.18. The fourth-order valence-electron chi connectivity index (χ4n) is 3.92. The van der Waals surface area contributed by atoms with E-state index in [9.17, 15) is 0 Å². The van der Waals surface area contributed by atoms with Gasteiger partial charge in [0.15, 0.2) is 5.13 Å². The summed E-state index contributed by atoms with van der Waals surface area (Å²) >= 11 is 1.86. The molecule has 2 nitrogen and oxygen atoms in total. The van der Waals surface area contributed by atoms with E-state index in [1.54, 1.807) is 0 Å². The highest BCUT2D eigenvalue weighted by molar-refractivity contribution is 7.13. The number of fused-ring (bicyclic) bond motifs is 2. The number of aromatic nitrogens is 1. The molecule has 1 aliphatic carbocycles. The first kappa shape index (κ1) is 10.4. The minimum Gasteiger partial charge on any atom is -0.342 e. The zero-order valence-corrected chi connectivity index (χ0v) is 11.3. The number of hydrogen-bond donors (Lipinski definition) is 0. The van der Waals surface area contributed by atoms with Gasteiger partial charge in [-0.3, -0.25) is 0 Å². The number of rotatable bonds is 2. The van der Waals surface area contributed by atoms with Crippen molar-refractivity contribution in [3.05, 3.63) is 11.1 Å². The molecule has 3 heteroatoms. The van der Waals surface area contributed by atoms with Gasteiger partial charge in [-0.25, -0.2) is 4.98 Å². The highest BCUT2D eigenvalue weighted by atomic mass is 32.1. The number of thiazole rings is 1. The standard InChI is InChI=1S/C14H20N2S/c1-2-10-9-17-13(15-10)16-11-3-4-12(16)8-14(7-11)5-6-14/h9,11-12H,2-8H2,1H3. The normalized spacial score (nSPS) is 33.4. The fraction of sp³-hybridized carbons (Fsp3) is 0.786. The Balaban J connectivity index is 1.62. The molecule has 92 valence electrons. The van der Waals surface area contributed by atoms with Crippen LogP contribution in [0, 0.1) is 5.41 Å². The zero-order chi connectivity index (χ0) is 11.5. The lowest BCUT2D eigenvalue weighted by atomic mass is 9.88. The third-order valence-electron chi connectivity index (χ3n) is 5.04. The van der Waals surface area contributed by atoms with Crippen LogP contribution in [0.2, 0.25) is 0 Å². The molecule has 1 spiro atoms. The molecule has 2 saturated heterocycles. The highest BCUT2D eigenvalue weighted by Crippen LogP contribution is 2.60. The Hall–Kier alpha value is -0.570. The number of aryl methyl sites for hydroxylation is 1. The van der Waals surface area contributed by atoms with Crippen molar-refractivity contribution in [2.45, 2.75) is 64.0 Å². The Bertz CT molecular complexity index is 419. The second kappa shape index (κ2) is 3.47. The predicted octanol–water partition coefficient (Wildman–Crippen LogP) is 3.62. The summed E-state index contributed by atoms with van der Waals surface area (Å²) in [5.74, 6) is 0. The van der Waals surface area contributed by atoms with Crippen LogP contribution in [0.15, 0.2) is 5.38 Å². The third kappa shape index (κ3) is 1.55. The van der Waals surface area contributed by atoms with Crippen molar-refractivity contribution in [2.75, 3.05) is 4.90 Å². The van der Waals surface area contributed by atoms with Crippen LogP contribution in [-0.2, 0) is 6.42 Å². The molecular formula is C14H20N2S. The van der Waals surface area contributed by atoms with Gasteiger partial charge in [0.25, 0.3) is 0 Å². The highest BCUT2D eigenvalue weighted by Gasteiger charge is 2.54. The van der Waals surface area contributed by atoms with E-state index in [0.717, 1.165) is 23.9 Å². The molecular weight excluding hydrogens is 228 g/mol. The number of piperidine rings is 1. The Morgan fingerprint density at radius 2 is 2.06 bits per heavy atom. The molecule has 1 saturated carbocycles. The lowest BCUT2D eigenvalue weighted by Gasteiger charge is -2.39. The quantitative estimate of drug-likeness (QED) is 0.794. The van der Waals surface area contributed by atoms with Gasteiger partial charge < -0.3 is 4.90 Å². The molecule has 2 aliphatic heterocycles. The van der Waals surface area contributed by atoms with Crippen LogP contribution in [0.5, 0.6) is 0 Å². The zero-order valence-electron chi connectivity index (χ0n) is 10.5. The summed E-state index contributed by atoms with van der Waals surface area (Å²) in [7, 11) is 0. The lowest BCUT2D eigenvalue weighted by molar-refractivity contribution is 0.319. The van der Waals surface area contributed by atoms with Crippen LogP contribution in [0.4, 0.5) is 5.13 Å². The number of anilines is 1. The summed E-state index contributed by atoms with van der Waals surface area (Å²) < 4.78 is 0. The van der Waals surface area contributed by atoms with E-state index >= 15 is 0 Å². The lowest BCUT2D eigenvalue weighted by Crippen LogP contribution is -2.43. The summed E-state index contributed by atoms with van der Waals surface area (Å²) in [5.41, 5.74) is 2.06. The van der Waals surface area contributed by atoms with Crippen molar-refractivity contribution in [1.29, 1.82) is 0 Å². The summed E-state index contributed by atoms with van der Waals surface area (Å²) in [6, 6.07) is 1.62. The Morgan fingerprint density at radius 1 is 1.35 bits per heavy atom. The summed E-state index contributed by atoms with van der Waals surface area (Å²) in [4.78, 5) is 7.48. The first-order valence-corrected chi connectivity index (χ1v) is 7.90. The molecule has 0 amide bonds. The van der Waals surface area contributed by atoms with Crippen LogP contribution in [0.25, 0.3) is 0 Å². The van der Waals surface area contributed by atoms with Gasteiger partial charge in [-0.2, -0.15) is 0 Å². The van der Waals surface area contributed by atoms with E-state index in [-0.39, 0.29) is 0 Å². The summed E-state index contributed by atoms with van der Waals surface area (Å²) in [6.45, 7) is 2.20. The number of hydrogen-bond acceptors (Lipinski definition) is 3. The molecule has 0 aromatic carbocycles. The van der Waals surface area contributed by atoms with Crippen LogP contribution in [0.3, 0.4) is 0 Å². The molecule has 2 unspecified atom stereocenters. The minimum atomic E-state index is 0.785. The molecule has 17 heavy (non-hydrogen) atoms. The van der Waals surface area contributed by atoms with Crippen molar-refractivity contribution < 1.29 is 0 Å². The molecule has 1 aromatic rings. The van der Waals surface area contributed by atoms with E-state index in [0.29, 0.717) is 0 Å². The van der Waals surface area contributed by atoms with Crippen molar-refractivity contribution in [3.63, 3.8) is 0 Å². The van der Waals surface area contributed by atoms with Crippen molar-refractivity contribution >= 4 is 16.5 Å². The monoisotopic (exact) mass is 248 g/mol. The van der Waals surface area contributed by atoms with Gasteiger partial charge in [0, 0.05) is 17.5 Å². The smallest absolute Gasteiger partial charge is 0.186 e. The Morgan fingerprint density at radius 3 is 2.59 bits per heavy atom. The van der Waals surface area contributed by atoms with Gasteiger partial charge in [0.2, 0.25) is 0 Å². The molecule has 1 aromatic heterocycles. The molecule has 3 fully saturated rings. The number of nitrogens with zero attached hydrogens (tertiary/aromatic N) is 2. The average Bonchev–Trinajstić information content (AvgIpc) is 2.80. The van der Waals surface area contributed by atoms with E-state index in [2.05, 4.69) is 17.2 Å². The van der Waals surface area contributed by atoms with Crippen LogP contribution < -0.4 is 4.90 Å². The molecule has 3 heterocycles. The predicted molar refractivity (Wildman–Crippen MR) is 71.7 cm³/mol. The second-order valence-corrected chi connectivity index (χ2v) is 7.01. The minimum absolute atomic E-state index is 0.785. The fourth-order valence-corrected chi connectivity index (χ4v) is 4.97. The molecule has 0 N–H and O–H groups in total. The van der Waals surface area contributed by atoms with Gasteiger partial charge in [-0.1, -0.05) is 6.92 Å². The largest absolute Gasteiger partial charge is 0.342 e. The van der Waals surface area contributed by atoms with E-state index < -0.39 is 0 Å². The van der Waals surface area contributed by atoms with E-state index in [4.69, 9.17) is 4.98 Å². The molecule has 3 aliphatic rings. The maximum Gasteiger partial charge on any atom is 0.186 e. The van der Waals surface area contributed by atoms with Gasteiger partial charge in [-0.15, -0.1) is 11.3 Å². The van der Waals surface area contributed by atoms with Gasteiger partial charge >= 0.3 is 0 Å². The first-order valence-electron chi connectivity index (χ1n) is 7.02. The van der Waals surface area contributed by atoms with Crippen molar-refractivity contribution in [2.24, 2.45) is 5.41 Å². The summed E-state index contributed by atoms with van der Waals surface area (Å²) in [6.07, 6.45) is 9.80. The maximum atomic E-state index is 4.81. The van der Waals surface area contributed by atoms with Gasteiger partial charge in [0.1, 0.15) is 0 Å².